The number of anilines is 1. The van der Waals surface area contributed by atoms with E-state index in [1.807, 2.05) is 33.8 Å². The zero-order chi connectivity index (χ0) is 15.6. The van der Waals surface area contributed by atoms with Gasteiger partial charge in [-0.05, 0) is 64.1 Å². The lowest BCUT2D eigenvalue weighted by atomic mass is 10.2. The molecule has 0 bridgehead atoms. The quantitative estimate of drug-likeness (QED) is 0.739. The van der Waals surface area contributed by atoms with Gasteiger partial charge in [0.1, 0.15) is 0 Å². The zero-order valence-electron chi connectivity index (χ0n) is 12.9. The molecule has 0 aliphatic heterocycles. The molecule has 0 amide bonds. The van der Waals surface area contributed by atoms with E-state index in [9.17, 15) is 0 Å². The van der Waals surface area contributed by atoms with Crippen LogP contribution >= 0.6 is 18.0 Å². The highest BCUT2D eigenvalue weighted by Crippen LogP contribution is 2.51. The molecule has 0 spiro atoms. The van der Waals surface area contributed by atoms with Gasteiger partial charge in [0.15, 0.2) is 5.13 Å². The van der Waals surface area contributed by atoms with Gasteiger partial charge in [-0.3, -0.25) is 5.09 Å². The SMILES string of the molecule is Cc1ccc2nc(NP(=S)(OC(C)C)OC(C)C)sc2c1. The summed E-state index contributed by atoms with van der Waals surface area (Å²) in [5.74, 6) is 0. The van der Waals surface area contributed by atoms with Crippen molar-refractivity contribution in [1.82, 2.24) is 4.98 Å². The molecule has 0 atom stereocenters. The number of thiazole rings is 1. The van der Waals surface area contributed by atoms with Crippen molar-refractivity contribution in [2.24, 2.45) is 0 Å². The largest absolute Gasteiger partial charge is 0.311 e. The van der Waals surface area contributed by atoms with Gasteiger partial charge in [0.05, 0.1) is 22.4 Å². The van der Waals surface area contributed by atoms with Crippen LogP contribution in [0.2, 0.25) is 0 Å². The number of hydrogen-bond donors (Lipinski definition) is 1. The molecule has 1 aromatic carbocycles. The molecule has 1 N–H and O–H groups in total. The molecule has 2 aromatic rings. The molecular formula is C14H21N2O2PS2. The molecule has 0 aliphatic carbocycles. The maximum atomic E-state index is 5.83. The Labute approximate surface area is 135 Å². The summed E-state index contributed by atoms with van der Waals surface area (Å²) in [5, 5.41) is 3.97. The first-order chi connectivity index (χ1) is 9.77. The summed E-state index contributed by atoms with van der Waals surface area (Å²) >= 11 is 7.16. The first-order valence-corrected chi connectivity index (χ1v) is 10.4. The van der Waals surface area contributed by atoms with E-state index in [2.05, 4.69) is 29.1 Å². The van der Waals surface area contributed by atoms with Crippen LogP contribution in [0.3, 0.4) is 0 Å². The van der Waals surface area contributed by atoms with Gasteiger partial charge in [-0.2, -0.15) is 0 Å². The first-order valence-electron chi connectivity index (χ1n) is 6.90. The predicted molar refractivity (Wildman–Crippen MR) is 94.7 cm³/mol. The summed E-state index contributed by atoms with van der Waals surface area (Å²) in [6.45, 7) is 7.29. The van der Waals surface area contributed by atoms with Crippen LogP contribution in [-0.4, -0.2) is 17.2 Å². The topological polar surface area (TPSA) is 43.4 Å². The monoisotopic (exact) mass is 344 g/mol. The van der Waals surface area contributed by atoms with E-state index in [1.165, 1.54) is 5.56 Å². The fourth-order valence-corrected chi connectivity index (χ4v) is 6.20. The number of fused-ring (bicyclic) bond motifs is 1. The second-order valence-electron chi connectivity index (χ2n) is 5.41. The van der Waals surface area contributed by atoms with Gasteiger partial charge < -0.3 is 9.05 Å². The predicted octanol–water partition coefficient (Wildman–Crippen LogP) is 5.09. The fourth-order valence-electron chi connectivity index (χ4n) is 1.83. The molecule has 0 saturated carbocycles. The molecule has 21 heavy (non-hydrogen) atoms. The van der Waals surface area contributed by atoms with E-state index in [0.717, 1.165) is 15.3 Å². The molecule has 1 heterocycles. The van der Waals surface area contributed by atoms with Crippen LogP contribution in [0.1, 0.15) is 33.3 Å². The van der Waals surface area contributed by atoms with Gasteiger partial charge in [0, 0.05) is 0 Å². The number of rotatable bonds is 6. The zero-order valence-corrected chi connectivity index (χ0v) is 15.4. The first kappa shape index (κ1) is 16.8. The summed E-state index contributed by atoms with van der Waals surface area (Å²) in [4.78, 5) is 4.56. The Morgan fingerprint density at radius 2 is 1.81 bits per heavy atom. The van der Waals surface area contributed by atoms with Crippen molar-refractivity contribution in [3.63, 3.8) is 0 Å². The standard InChI is InChI=1S/C14H21N2O2PS2/c1-9(2)17-19(20,18-10(3)4)16-14-15-12-7-6-11(5)8-13(12)21-14/h6-10H,1-5H3,(H,15,16,20). The molecule has 7 heteroatoms. The third-order valence-electron chi connectivity index (χ3n) is 2.48. The van der Waals surface area contributed by atoms with Gasteiger partial charge in [-0.25, -0.2) is 4.98 Å². The van der Waals surface area contributed by atoms with Crippen LogP contribution in [0.4, 0.5) is 5.13 Å². The van der Waals surface area contributed by atoms with E-state index >= 15 is 0 Å². The lowest BCUT2D eigenvalue weighted by Gasteiger charge is -2.26. The Hall–Kier alpha value is -0.520. The highest BCUT2D eigenvalue weighted by molar-refractivity contribution is 8.10. The minimum absolute atomic E-state index is 0.00120. The summed E-state index contributed by atoms with van der Waals surface area (Å²) in [6.07, 6.45) is -0.00240. The van der Waals surface area contributed by atoms with Crippen molar-refractivity contribution in [1.29, 1.82) is 0 Å². The molecule has 0 aliphatic rings. The second-order valence-corrected chi connectivity index (χ2v) is 9.52. The van der Waals surface area contributed by atoms with E-state index < -0.39 is 6.64 Å². The second kappa shape index (κ2) is 6.71. The van der Waals surface area contributed by atoms with E-state index in [4.69, 9.17) is 20.9 Å². The molecule has 4 nitrogen and oxygen atoms in total. The van der Waals surface area contributed by atoms with Gasteiger partial charge in [-0.15, -0.1) is 0 Å². The molecule has 0 fully saturated rings. The maximum absolute atomic E-state index is 5.83. The average molecular weight is 344 g/mol. The van der Waals surface area contributed by atoms with Crippen LogP contribution in [0.5, 0.6) is 0 Å². The Morgan fingerprint density at radius 3 is 2.38 bits per heavy atom. The smallest absolute Gasteiger partial charge is 0.289 e. The third kappa shape index (κ3) is 4.73. The third-order valence-corrected chi connectivity index (χ3v) is 6.23. The Balaban J connectivity index is 2.27. The Kier molecular flexibility index (Phi) is 5.38. The van der Waals surface area contributed by atoms with Crippen molar-refractivity contribution in [2.75, 3.05) is 5.09 Å². The minimum Gasteiger partial charge on any atom is -0.311 e. The number of benzene rings is 1. The minimum atomic E-state index is -2.59. The number of nitrogens with zero attached hydrogens (tertiary/aromatic N) is 1. The van der Waals surface area contributed by atoms with Gasteiger partial charge >= 0.3 is 0 Å². The van der Waals surface area contributed by atoms with Crippen LogP contribution in [0, 0.1) is 6.92 Å². The fraction of sp³-hybridized carbons (Fsp3) is 0.500. The van der Waals surface area contributed by atoms with Crippen molar-refractivity contribution in [3.05, 3.63) is 23.8 Å². The van der Waals surface area contributed by atoms with E-state index in [1.54, 1.807) is 11.3 Å². The summed E-state index contributed by atoms with van der Waals surface area (Å²) in [5.41, 5.74) is 2.18. The maximum Gasteiger partial charge on any atom is 0.289 e. The molecule has 0 radical (unpaired) electrons. The molecule has 0 saturated heterocycles. The highest BCUT2D eigenvalue weighted by Gasteiger charge is 2.24. The van der Waals surface area contributed by atoms with Crippen molar-refractivity contribution >= 4 is 45.1 Å². The number of nitrogens with one attached hydrogen (secondary N) is 1. The summed E-state index contributed by atoms with van der Waals surface area (Å²) in [6, 6.07) is 6.19. The highest BCUT2D eigenvalue weighted by atomic mass is 32.5. The molecule has 1 aromatic heterocycles. The van der Waals surface area contributed by atoms with Crippen LogP contribution in [0.15, 0.2) is 18.2 Å². The van der Waals surface area contributed by atoms with Crippen molar-refractivity contribution in [2.45, 2.75) is 46.8 Å². The van der Waals surface area contributed by atoms with Gasteiger partial charge in [0.2, 0.25) is 0 Å². The van der Waals surface area contributed by atoms with E-state index in [0.29, 0.717) is 0 Å². The normalized spacial score (nSPS) is 12.5. The van der Waals surface area contributed by atoms with Gasteiger partial charge in [0.25, 0.3) is 6.64 Å². The number of hydrogen-bond acceptors (Lipinski definition) is 5. The lowest BCUT2D eigenvalue weighted by Crippen LogP contribution is -2.12. The number of aryl methyl sites for hydroxylation is 1. The van der Waals surface area contributed by atoms with Gasteiger partial charge in [-0.1, -0.05) is 17.4 Å². The summed E-state index contributed by atoms with van der Waals surface area (Å²) < 4.78 is 12.8. The molecular weight excluding hydrogens is 323 g/mol. The summed E-state index contributed by atoms with van der Waals surface area (Å²) in [7, 11) is 0. The average Bonchev–Trinajstić information content (AvgIpc) is 2.66. The van der Waals surface area contributed by atoms with Crippen LogP contribution < -0.4 is 5.09 Å². The Morgan fingerprint density at radius 1 is 1.19 bits per heavy atom. The van der Waals surface area contributed by atoms with Crippen molar-refractivity contribution in [3.8, 4) is 0 Å². The van der Waals surface area contributed by atoms with Crippen LogP contribution in [0.25, 0.3) is 10.2 Å². The van der Waals surface area contributed by atoms with Crippen molar-refractivity contribution < 1.29 is 9.05 Å². The van der Waals surface area contributed by atoms with E-state index in [-0.39, 0.29) is 12.2 Å². The lowest BCUT2D eigenvalue weighted by molar-refractivity contribution is 0.178. The molecule has 116 valence electrons. The Bertz CT molecular complexity index is 656. The molecule has 0 unspecified atom stereocenters. The van der Waals surface area contributed by atoms with Crippen LogP contribution in [-0.2, 0) is 20.9 Å². The number of aromatic nitrogens is 1. The molecule has 2 rings (SSSR count).